The molecule has 0 saturated carbocycles. The lowest BCUT2D eigenvalue weighted by Gasteiger charge is -2.42. The number of halogens is 2. The monoisotopic (exact) mass is 1080 g/mol. The summed E-state index contributed by atoms with van der Waals surface area (Å²) in [5.74, 6) is -2.27. The van der Waals surface area contributed by atoms with Crippen LogP contribution in [0.1, 0.15) is 31.8 Å². The smallest absolute Gasteiger partial charge is 0.323 e. The quantitative estimate of drug-likeness (QED) is 0.0609. The van der Waals surface area contributed by atoms with Gasteiger partial charge in [-0.2, -0.15) is 0 Å². The molecule has 2 aliphatic rings. The summed E-state index contributed by atoms with van der Waals surface area (Å²) < 4.78 is 22.9. The maximum atomic E-state index is 13.5. The standard InChI is InChI=1S/C25H28ClN5O6.C19H17ClN4O5.C6H13NO2/c1-30(11-25(12-32)13-37-14-25)21(33)10-31-22-17(19(36-2)8-20(27)29-22)7-18(24(31)35)23(34)28-9-15-3-5-16(26)6-4-15;1-29-14-7-15(21)23-17-12(14)6-13(19(28)24(17)9-16(25)26)18(27)22-8-10-2-4-11(20)5-3-10;1-7-2-6(3-8)4-9-5-6/h3-8,32H,9-14H2,1-2H3,(H2,27,29)(H,28,34);2-7H,8-9H2,1H3,(H2,21,23)(H,22,27)(H,25,26);7-8H,2-5H2,1H3. The molecule has 0 radical (unpaired) electrons. The number of fused-ring (bicyclic) bond motifs is 2. The number of benzene rings is 2. The number of nitrogens with two attached hydrogens (primary N) is 2. The van der Waals surface area contributed by atoms with Crippen LogP contribution in [0.15, 0.2) is 82.4 Å². The zero-order chi connectivity index (χ0) is 54.6. The fraction of sp³-hybridized carbons (Fsp3) is 0.360. The maximum Gasteiger partial charge on any atom is 0.323 e. The molecule has 23 nitrogen and oxygen atoms in total. The molecule has 2 fully saturated rings. The first-order valence-corrected chi connectivity index (χ1v) is 23.8. The van der Waals surface area contributed by atoms with Gasteiger partial charge in [0.1, 0.15) is 58.6 Å². The Bertz CT molecular complexity index is 3150. The first-order valence-electron chi connectivity index (χ1n) is 23.1. The number of nitrogens with zero attached hydrogens (tertiary/aromatic N) is 5. The number of anilines is 2. The molecule has 4 aromatic heterocycles. The minimum absolute atomic E-state index is 0.0171. The molecule has 2 saturated heterocycles. The summed E-state index contributed by atoms with van der Waals surface area (Å²) in [6, 6.07) is 19.4. The number of hydrogen-bond donors (Lipinski definition) is 8. The molecule has 3 amide bonds. The van der Waals surface area contributed by atoms with E-state index in [0.29, 0.717) is 53.0 Å². The molecule has 2 aromatic carbocycles. The Hall–Kier alpha value is -7.38. The van der Waals surface area contributed by atoms with Crippen molar-refractivity contribution in [2.24, 2.45) is 10.8 Å². The van der Waals surface area contributed by atoms with Gasteiger partial charge in [-0.3, -0.25) is 37.9 Å². The molecular formula is C50H58Cl2N10O13. The molecule has 0 aliphatic carbocycles. The highest BCUT2D eigenvalue weighted by atomic mass is 35.5. The number of methoxy groups -OCH3 is 2. The van der Waals surface area contributed by atoms with E-state index in [1.807, 2.05) is 7.05 Å². The van der Waals surface area contributed by atoms with Crippen molar-refractivity contribution in [1.29, 1.82) is 0 Å². The topological polar surface area (TPSA) is 327 Å². The van der Waals surface area contributed by atoms with Crippen LogP contribution in [-0.4, -0.2) is 144 Å². The molecular weight excluding hydrogens is 1020 g/mol. The van der Waals surface area contributed by atoms with Crippen LogP contribution in [0.25, 0.3) is 22.1 Å². The van der Waals surface area contributed by atoms with Crippen molar-refractivity contribution in [2.45, 2.75) is 26.2 Å². The van der Waals surface area contributed by atoms with Crippen LogP contribution in [0.4, 0.5) is 11.6 Å². The van der Waals surface area contributed by atoms with E-state index in [0.717, 1.165) is 26.8 Å². The van der Waals surface area contributed by atoms with Gasteiger partial charge in [0.15, 0.2) is 0 Å². The summed E-state index contributed by atoms with van der Waals surface area (Å²) in [6.45, 7) is 2.50. The number of aliphatic hydroxyl groups is 2. The highest BCUT2D eigenvalue weighted by Crippen LogP contribution is 2.30. The third kappa shape index (κ3) is 13.9. The number of nitrogens with one attached hydrogen (secondary N) is 3. The highest BCUT2D eigenvalue weighted by Gasteiger charge is 2.40. The molecule has 6 heterocycles. The van der Waals surface area contributed by atoms with Gasteiger partial charge >= 0.3 is 5.97 Å². The largest absolute Gasteiger partial charge is 0.496 e. The predicted molar refractivity (Wildman–Crippen MR) is 279 cm³/mol. The van der Waals surface area contributed by atoms with Crippen LogP contribution < -0.4 is 48.0 Å². The van der Waals surface area contributed by atoms with Gasteiger partial charge < -0.3 is 66.6 Å². The molecule has 75 heavy (non-hydrogen) atoms. The molecule has 6 aromatic rings. The molecule has 0 atom stereocenters. The Morgan fingerprint density at radius 1 is 0.707 bits per heavy atom. The van der Waals surface area contributed by atoms with Gasteiger partial charge in [-0.1, -0.05) is 47.5 Å². The third-order valence-corrected chi connectivity index (χ3v) is 12.7. The van der Waals surface area contributed by atoms with Crippen LogP contribution in [0.5, 0.6) is 11.5 Å². The van der Waals surface area contributed by atoms with Crippen molar-refractivity contribution in [3.63, 3.8) is 0 Å². The lowest BCUT2D eigenvalue weighted by Crippen LogP contribution is -2.54. The van der Waals surface area contributed by atoms with Gasteiger partial charge in [0.05, 0.1) is 75.5 Å². The number of pyridine rings is 4. The number of aliphatic carboxylic acids is 1. The average Bonchev–Trinajstić information content (AvgIpc) is 3.37. The van der Waals surface area contributed by atoms with E-state index in [2.05, 4.69) is 25.9 Å². The predicted octanol–water partition coefficient (Wildman–Crippen LogP) is 1.91. The lowest BCUT2D eigenvalue weighted by atomic mass is 9.86. The summed E-state index contributed by atoms with van der Waals surface area (Å²) in [4.78, 5) is 86.2. The Balaban J connectivity index is 0.000000213. The second-order valence-corrected chi connectivity index (χ2v) is 18.8. The number of carboxylic acids is 1. The van der Waals surface area contributed by atoms with E-state index in [1.165, 1.54) is 43.4 Å². The van der Waals surface area contributed by atoms with Crippen molar-refractivity contribution in [2.75, 3.05) is 92.5 Å². The van der Waals surface area contributed by atoms with E-state index in [-0.39, 0.29) is 78.1 Å². The number of carboxylic acid groups (broad SMARTS) is 1. The number of hydrogen-bond acceptors (Lipinski definition) is 17. The van der Waals surface area contributed by atoms with E-state index < -0.39 is 53.3 Å². The van der Waals surface area contributed by atoms with Gasteiger partial charge in [-0.25, -0.2) is 9.97 Å². The van der Waals surface area contributed by atoms with Crippen LogP contribution in [0, 0.1) is 10.8 Å². The maximum absolute atomic E-state index is 13.5. The Labute approximate surface area is 439 Å². The lowest BCUT2D eigenvalue weighted by molar-refractivity contribution is -0.157. The zero-order valence-corrected chi connectivity index (χ0v) is 43.0. The van der Waals surface area contributed by atoms with Gasteiger partial charge in [0, 0.05) is 55.4 Å². The van der Waals surface area contributed by atoms with Gasteiger partial charge in [0.2, 0.25) is 5.91 Å². The van der Waals surface area contributed by atoms with Gasteiger partial charge in [0.25, 0.3) is 22.9 Å². The SMILES string of the molecule is CNCC1(CO)COC1.COc1cc(N)nc2c1cc(C(=O)NCc1ccc(Cl)cc1)c(=O)n2CC(=O)N(C)CC1(CO)COC1.COc1cc(N)nc2c1cc(C(=O)NCc1ccc(Cl)cc1)c(=O)n2CC(=O)O. The van der Waals surface area contributed by atoms with Crippen LogP contribution in [0.2, 0.25) is 10.0 Å². The molecule has 0 unspecified atom stereocenters. The van der Waals surface area contributed by atoms with Gasteiger partial charge in [-0.15, -0.1) is 0 Å². The number of aliphatic hydroxyl groups excluding tert-OH is 2. The fourth-order valence-electron chi connectivity index (χ4n) is 7.99. The summed E-state index contributed by atoms with van der Waals surface area (Å²) >= 11 is 11.8. The summed E-state index contributed by atoms with van der Waals surface area (Å²) in [7, 11) is 6.28. The number of nitrogen functional groups attached to an aromatic ring is 2. The second-order valence-electron chi connectivity index (χ2n) is 18.0. The average molecular weight is 1080 g/mol. The van der Waals surface area contributed by atoms with E-state index in [1.54, 1.807) is 55.6 Å². The third-order valence-electron chi connectivity index (χ3n) is 12.2. The Morgan fingerprint density at radius 2 is 1.12 bits per heavy atom. The van der Waals surface area contributed by atoms with Crippen LogP contribution >= 0.6 is 23.2 Å². The molecule has 0 spiro atoms. The normalized spacial score (nSPS) is 13.9. The summed E-state index contributed by atoms with van der Waals surface area (Å²) in [5.41, 5.74) is 10.9. The number of rotatable bonds is 18. The summed E-state index contributed by atoms with van der Waals surface area (Å²) in [6.07, 6.45) is 0. The first kappa shape index (κ1) is 56.9. The minimum Gasteiger partial charge on any atom is -0.496 e. The van der Waals surface area contributed by atoms with E-state index in [4.69, 9.17) is 58.7 Å². The van der Waals surface area contributed by atoms with E-state index in [9.17, 15) is 39.0 Å². The fourth-order valence-corrected chi connectivity index (χ4v) is 8.24. The molecule has 0 bridgehead atoms. The number of carbonyl (C=O) groups excluding carboxylic acids is 3. The number of amides is 3. The van der Waals surface area contributed by atoms with Crippen molar-refractivity contribution in [3.05, 3.63) is 126 Å². The number of aromatic nitrogens is 4. The van der Waals surface area contributed by atoms with Crippen molar-refractivity contribution >= 4 is 80.6 Å². The number of ether oxygens (including phenoxy) is 4. The van der Waals surface area contributed by atoms with Crippen LogP contribution in [-0.2, 0) is 45.2 Å². The second kappa shape index (κ2) is 25.2. The first-order chi connectivity index (χ1) is 35.8. The molecule has 8 rings (SSSR count). The zero-order valence-electron chi connectivity index (χ0n) is 41.5. The Kier molecular flexibility index (Phi) is 19.1. The number of likely N-dealkylation sites (N-methyl/N-ethyl adjacent to an activating group) is 1. The van der Waals surface area contributed by atoms with Crippen molar-refractivity contribution < 1.29 is 53.4 Å². The minimum atomic E-state index is -1.27. The highest BCUT2D eigenvalue weighted by molar-refractivity contribution is 6.30. The van der Waals surface area contributed by atoms with Gasteiger partial charge in [-0.05, 0) is 54.6 Å². The Morgan fingerprint density at radius 3 is 1.45 bits per heavy atom. The van der Waals surface area contributed by atoms with E-state index >= 15 is 0 Å². The van der Waals surface area contributed by atoms with Crippen molar-refractivity contribution in [1.82, 2.24) is 40.0 Å². The molecule has 400 valence electrons. The summed E-state index contributed by atoms with van der Waals surface area (Å²) in [5, 5.41) is 37.9. The molecule has 2 aliphatic heterocycles. The molecule has 25 heteroatoms. The number of carbonyl (C=O) groups is 4. The van der Waals surface area contributed by atoms with Crippen molar-refractivity contribution in [3.8, 4) is 11.5 Å². The molecule has 10 N–H and O–H groups in total. The van der Waals surface area contributed by atoms with Crippen LogP contribution in [0.3, 0.4) is 0 Å².